The number of nitrogens with zero attached hydrogens (tertiary/aromatic N) is 1. The van der Waals surface area contributed by atoms with Gasteiger partial charge in [-0.2, -0.15) is 0 Å². The van der Waals surface area contributed by atoms with Crippen LogP contribution in [0.25, 0.3) is 0 Å². The fourth-order valence-corrected chi connectivity index (χ4v) is 2.51. The number of piperidine rings is 1. The van der Waals surface area contributed by atoms with E-state index in [9.17, 15) is 4.79 Å². The molecule has 1 aromatic rings. The van der Waals surface area contributed by atoms with Gasteiger partial charge in [-0.1, -0.05) is 18.2 Å². The molecule has 1 fully saturated rings. The molecule has 2 rings (SSSR count). The average Bonchev–Trinajstić information content (AvgIpc) is 2.48. The van der Waals surface area contributed by atoms with Gasteiger partial charge in [0.15, 0.2) is 0 Å². The van der Waals surface area contributed by atoms with E-state index in [1.807, 2.05) is 19.1 Å². The number of ether oxygens (including phenoxy) is 1. The zero-order valence-electron chi connectivity index (χ0n) is 11.6. The van der Waals surface area contributed by atoms with Crippen molar-refractivity contribution in [2.75, 3.05) is 13.7 Å². The Morgan fingerprint density at radius 2 is 2.11 bits per heavy atom. The predicted molar refractivity (Wildman–Crippen MR) is 75.9 cm³/mol. The molecule has 102 valence electrons. The monoisotopic (exact) mass is 259 g/mol. The summed E-state index contributed by atoms with van der Waals surface area (Å²) in [5, 5.41) is 0. The maximum Gasteiger partial charge on any atom is 0.123 e. The minimum absolute atomic E-state index is 0.193. The van der Waals surface area contributed by atoms with Gasteiger partial charge in [-0.15, -0.1) is 0 Å². The summed E-state index contributed by atoms with van der Waals surface area (Å²) in [7, 11) is 1.68. The molecule has 0 radical (unpaired) electrons. The van der Waals surface area contributed by atoms with Crippen LogP contribution < -0.4 is 4.74 Å². The van der Waals surface area contributed by atoms with Crippen LogP contribution in [0.3, 0.4) is 0 Å². The van der Waals surface area contributed by atoms with E-state index >= 15 is 0 Å². The largest absolute Gasteiger partial charge is 0.497 e. The van der Waals surface area contributed by atoms with E-state index in [2.05, 4.69) is 23.1 Å². The molecule has 0 aliphatic carbocycles. The van der Waals surface area contributed by atoms with Crippen LogP contribution in [0.1, 0.15) is 25.3 Å². The van der Waals surface area contributed by atoms with Crippen molar-refractivity contribution in [1.82, 2.24) is 4.90 Å². The van der Waals surface area contributed by atoms with Crippen molar-refractivity contribution in [3.05, 3.63) is 41.6 Å². The van der Waals surface area contributed by atoms with Crippen LogP contribution in [-0.2, 0) is 11.3 Å². The molecule has 0 amide bonds. The summed E-state index contributed by atoms with van der Waals surface area (Å²) in [5.41, 5.74) is 2.55. The van der Waals surface area contributed by atoms with Crippen LogP contribution in [0.15, 0.2) is 36.0 Å². The molecule has 3 heteroatoms. The first-order valence-corrected chi connectivity index (χ1v) is 6.75. The van der Waals surface area contributed by atoms with Crippen molar-refractivity contribution in [2.45, 2.75) is 26.3 Å². The molecule has 1 atom stereocenters. The van der Waals surface area contributed by atoms with Gasteiger partial charge in [-0.05, 0) is 37.5 Å². The lowest BCUT2D eigenvalue weighted by Crippen LogP contribution is -2.31. The van der Waals surface area contributed by atoms with Crippen molar-refractivity contribution in [1.29, 1.82) is 0 Å². The summed E-state index contributed by atoms with van der Waals surface area (Å²) in [6, 6.07) is 8.17. The minimum Gasteiger partial charge on any atom is -0.497 e. The second-order valence-corrected chi connectivity index (χ2v) is 4.94. The molecule has 1 unspecified atom stereocenters. The molecule has 0 N–H and O–H groups in total. The third kappa shape index (κ3) is 3.37. The lowest BCUT2D eigenvalue weighted by molar-refractivity contribution is -0.111. The zero-order valence-corrected chi connectivity index (χ0v) is 11.6. The molecule has 1 aliphatic heterocycles. The van der Waals surface area contributed by atoms with E-state index in [1.165, 1.54) is 11.3 Å². The van der Waals surface area contributed by atoms with Crippen molar-refractivity contribution in [3.8, 4) is 5.75 Å². The number of hydrogen-bond acceptors (Lipinski definition) is 3. The van der Waals surface area contributed by atoms with Gasteiger partial charge >= 0.3 is 0 Å². The molecule has 0 spiro atoms. The smallest absolute Gasteiger partial charge is 0.123 e. The predicted octanol–water partition coefficient (Wildman–Crippen LogP) is 3.01. The molecular weight excluding hydrogens is 238 g/mol. The molecular formula is C16H21NO2. The van der Waals surface area contributed by atoms with Crippen LogP contribution in [0.2, 0.25) is 0 Å². The average molecular weight is 259 g/mol. The van der Waals surface area contributed by atoms with Crippen molar-refractivity contribution in [3.63, 3.8) is 0 Å². The second kappa shape index (κ2) is 6.41. The SMILES string of the molecule is CC=C1CC(C=O)CCN1Cc1ccc(OC)cc1. The number of methoxy groups -OCH3 is 1. The van der Waals surface area contributed by atoms with E-state index in [0.29, 0.717) is 0 Å². The number of benzene rings is 1. The number of carbonyl (C=O) groups is 1. The number of likely N-dealkylation sites (tertiary alicyclic amines) is 1. The highest BCUT2D eigenvalue weighted by Gasteiger charge is 2.21. The summed E-state index contributed by atoms with van der Waals surface area (Å²) in [4.78, 5) is 13.3. The fourth-order valence-electron chi connectivity index (χ4n) is 2.51. The Morgan fingerprint density at radius 1 is 1.37 bits per heavy atom. The molecule has 1 aliphatic rings. The minimum atomic E-state index is 0.193. The Bertz CT molecular complexity index is 450. The maximum absolute atomic E-state index is 10.9. The van der Waals surface area contributed by atoms with E-state index < -0.39 is 0 Å². The summed E-state index contributed by atoms with van der Waals surface area (Å²) < 4.78 is 5.17. The van der Waals surface area contributed by atoms with Gasteiger partial charge in [0.1, 0.15) is 12.0 Å². The second-order valence-electron chi connectivity index (χ2n) is 4.94. The maximum atomic E-state index is 10.9. The first-order chi connectivity index (χ1) is 9.26. The lowest BCUT2D eigenvalue weighted by Gasteiger charge is -2.34. The van der Waals surface area contributed by atoms with Gasteiger partial charge < -0.3 is 14.4 Å². The Hall–Kier alpha value is -1.77. The van der Waals surface area contributed by atoms with Gasteiger partial charge in [0.2, 0.25) is 0 Å². The Balaban J connectivity index is 2.03. The number of allylic oxidation sites excluding steroid dienone is 2. The first kappa shape index (κ1) is 13.7. The standard InChI is InChI=1S/C16H21NO2/c1-3-15-10-14(12-18)8-9-17(15)11-13-4-6-16(19-2)7-5-13/h3-7,12,14H,8-11H2,1-2H3. The molecule has 1 aromatic carbocycles. The third-order valence-electron chi connectivity index (χ3n) is 3.71. The fraction of sp³-hybridized carbons (Fsp3) is 0.438. The molecule has 19 heavy (non-hydrogen) atoms. The van der Waals surface area contributed by atoms with Gasteiger partial charge in [-0.3, -0.25) is 0 Å². The highest BCUT2D eigenvalue weighted by molar-refractivity contribution is 5.54. The Morgan fingerprint density at radius 3 is 2.68 bits per heavy atom. The topological polar surface area (TPSA) is 29.5 Å². The van der Waals surface area contributed by atoms with Crippen LogP contribution in [0, 0.1) is 5.92 Å². The van der Waals surface area contributed by atoms with Crippen LogP contribution in [0.4, 0.5) is 0 Å². The number of carbonyl (C=O) groups excluding carboxylic acids is 1. The summed E-state index contributed by atoms with van der Waals surface area (Å²) in [6.07, 6.45) is 5.04. The van der Waals surface area contributed by atoms with Gasteiger partial charge in [-0.25, -0.2) is 0 Å². The Labute approximate surface area is 114 Å². The van der Waals surface area contributed by atoms with Crippen LogP contribution >= 0.6 is 0 Å². The summed E-state index contributed by atoms with van der Waals surface area (Å²) in [6.45, 7) is 3.90. The first-order valence-electron chi connectivity index (χ1n) is 6.75. The van der Waals surface area contributed by atoms with Crippen molar-refractivity contribution in [2.24, 2.45) is 5.92 Å². The van der Waals surface area contributed by atoms with Crippen LogP contribution in [-0.4, -0.2) is 24.8 Å². The Kier molecular flexibility index (Phi) is 4.61. The van der Waals surface area contributed by atoms with E-state index in [4.69, 9.17) is 4.74 Å². The number of rotatable bonds is 4. The van der Waals surface area contributed by atoms with Crippen molar-refractivity contribution >= 4 is 6.29 Å². The summed E-state index contributed by atoms with van der Waals surface area (Å²) in [5.74, 6) is 1.08. The van der Waals surface area contributed by atoms with Gasteiger partial charge in [0.05, 0.1) is 7.11 Å². The molecule has 3 nitrogen and oxygen atoms in total. The molecule has 0 saturated carbocycles. The number of aldehydes is 1. The van der Waals surface area contributed by atoms with Crippen molar-refractivity contribution < 1.29 is 9.53 Å². The van der Waals surface area contributed by atoms with Crippen LogP contribution in [0.5, 0.6) is 5.75 Å². The highest BCUT2D eigenvalue weighted by Crippen LogP contribution is 2.26. The van der Waals surface area contributed by atoms with E-state index in [1.54, 1.807) is 7.11 Å². The number of hydrogen-bond donors (Lipinski definition) is 0. The van der Waals surface area contributed by atoms with Gasteiger partial charge in [0, 0.05) is 24.7 Å². The zero-order chi connectivity index (χ0) is 13.7. The molecule has 1 saturated heterocycles. The normalized spacial score (nSPS) is 21.5. The van der Waals surface area contributed by atoms with E-state index in [0.717, 1.165) is 38.0 Å². The third-order valence-corrected chi connectivity index (χ3v) is 3.71. The molecule has 1 heterocycles. The molecule has 0 bridgehead atoms. The lowest BCUT2D eigenvalue weighted by atomic mass is 9.95. The summed E-state index contributed by atoms with van der Waals surface area (Å²) >= 11 is 0. The molecule has 0 aromatic heterocycles. The van der Waals surface area contributed by atoms with E-state index in [-0.39, 0.29) is 5.92 Å². The van der Waals surface area contributed by atoms with Gasteiger partial charge in [0.25, 0.3) is 0 Å². The quantitative estimate of drug-likeness (QED) is 0.778. The highest BCUT2D eigenvalue weighted by atomic mass is 16.5.